The average molecular weight is 237 g/mol. The summed E-state index contributed by atoms with van der Waals surface area (Å²) in [5, 5.41) is 0. The Kier molecular flexibility index (Phi) is 3.36. The molecule has 0 N–H and O–H groups in total. The zero-order chi connectivity index (χ0) is 12.8. The zero-order valence-corrected chi connectivity index (χ0v) is 12.7. The Balaban J connectivity index is 2.26. The SMILES string of the molecule is CC(C)(C)C1CN(C(C)(C)C)C2CCC1CC2. The summed E-state index contributed by atoms with van der Waals surface area (Å²) < 4.78 is 0. The molecule has 2 bridgehead atoms. The molecule has 0 aromatic heterocycles. The topological polar surface area (TPSA) is 3.24 Å². The van der Waals surface area contributed by atoms with E-state index in [2.05, 4.69) is 46.4 Å². The Labute approximate surface area is 108 Å². The maximum atomic E-state index is 2.82. The molecule has 0 aromatic carbocycles. The van der Waals surface area contributed by atoms with E-state index in [0.29, 0.717) is 11.0 Å². The van der Waals surface area contributed by atoms with Gasteiger partial charge in [0.25, 0.3) is 0 Å². The van der Waals surface area contributed by atoms with Crippen molar-refractivity contribution in [1.82, 2.24) is 4.90 Å². The van der Waals surface area contributed by atoms with Crippen molar-refractivity contribution in [2.75, 3.05) is 6.54 Å². The van der Waals surface area contributed by atoms with E-state index in [1.54, 1.807) is 0 Å². The van der Waals surface area contributed by atoms with Gasteiger partial charge in [-0.3, -0.25) is 4.90 Å². The average Bonchev–Trinajstić information content (AvgIpc) is 2.44. The molecule has 0 radical (unpaired) electrons. The van der Waals surface area contributed by atoms with Gasteiger partial charge in [0.2, 0.25) is 0 Å². The summed E-state index contributed by atoms with van der Waals surface area (Å²) in [5.41, 5.74) is 0.806. The van der Waals surface area contributed by atoms with E-state index < -0.39 is 0 Å². The van der Waals surface area contributed by atoms with Crippen molar-refractivity contribution in [3.8, 4) is 0 Å². The van der Waals surface area contributed by atoms with E-state index >= 15 is 0 Å². The predicted molar refractivity (Wildman–Crippen MR) is 75.2 cm³/mol. The molecule has 17 heavy (non-hydrogen) atoms. The van der Waals surface area contributed by atoms with Crippen molar-refractivity contribution in [2.45, 2.75) is 78.8 Å². The summed E-state index contributed by atoms with van der Waals surface area (Å²) in [6.45, 7) is 15.8. The van der Waals surface area contributed by atoms with Crippen molar-refractivity contribution in [3.05, 3.63) is 0 Å². The smallest absolute Gasteiger partial charge is 0.0128 e. The van der Waals surface area contributed by atoms with E-state index in [4.69, 9.17) is 0 Å². The molecule has 0 spiro atoms. The Morgan fingerprint density at radius 2 is 1.35 bits per heavy atom. The summed E-state index contributed by atoms with van der Waals surface area (Å²) in [6, 6.07) is 0.860. The highest BCUT2D eigenvalue weighted by molar-refractivity contribution is 4.97. The first-order chi connectivity index (χ1) is 7.69. The summed E-state index contributed by atoms with van der Waals surface area (Å²) in [5.74, 6) is 1.87. The van der Waals surface area contributed by atoms with Gasteiger partial charge in [0, 0.05) is 18.1 Å². The molecule has 1 unspecified atom stereocenters. The van der Waals surface area contributed by atoms with Gasteiger partial charge in [0.1, 0.15) is 0 Å². The molecule has 1 aliphatic carbocycles. The number of nitrogens with zero attached hydrogens (tertiary/aromatic N) is 1. The third-order valence-corrected chi connectivity index (χ3v) is 5.12. The van der Waals surface area contributed by atoms with Crippen molar-refractivity contribution in [3.63, 3.8) is 0 Å². The van der Waals surface area contributed by atoms with Crippen LogP contribution in [0.25, 0.3) is 0 Å². The summed E-state index contributed by atoms with van der Waals surface area (Å²) >= 11 is 0. The predicted octanol–water partition coefficient (Wildman–Crippen LogP) is 4.32. The Hall–Kier alpha value is -0.0400. The normalized spacial score (nSPS) is 36.0. The van der Waals surface area contributed by atoms with Gasteiger partial charge >= 0.3 is 0 Å². The van der Waals surface area contributed by atoms with Crippen molar-refractivity contribution < 1.29 is 0 Å². The van der Waals surface area contributed by atoms with Crippen LogP contribution in [0.2, 0.25) is 0 Å². The van der Waals surface area contributed by atoms with Gasteiger partial charge in [-0.2, -0.15) is 0 Å². The maximum absolute atomic E-state index is 2.82. The lowest BCUT2D eigenvalue weighted by Crippen LogP contribution is -2.49. The van der Waals surface area contributed by atoms with Crippen LogP contribution in [-0.4, -0.2) is 23.0 Å². The lowest BCUT2D eigenvalue weighted by molar-refractivity contribution is 0.0549. The second kappa shape index (κ2) is 4.26. The molecule has 1 nitrogen and oxygen atoms in total. The molecule has 0 aromatic rings. The third-order valence-electron chi connectivity index (χ3n) is 5.12. The highest BCUT2D eigenvalue weighted by Gasteiger charge is 2.44. The fraction of sp³-hybridized carbons (Fsp3) is 1.00. The van der Waals surface area contributed by atoms with Gasteiger partial charge in [-0.1, -0.05) is 20.8 Å². The van der Waals surface area contributed by atoms with Crippen LogP contribution < -0.4 is 0 Å². The first kappa shape index (κ1) is 13.4. The number of rotatable bonds is 0. The van der Waals surface area contributed by atoms with Gasteiger partial charge in [-0.05, 0) is 63.7 Å². The summed E-state index contributed by atoms with van der Waals surface area (Å²) in [4.78, 5) is 2.82. The molecule has 1 saturated carbocycles. The largest absolute Gasteiger partial charge is 0.295 e. The van der Waals surface area contributed by atoms with E-state index in [1.165, 1.54) is 32.2 Å². The standard InChI is InChI=1S/C16H31N/c1-15(2,3)14-11-17(16(4,5)6)13-9-7-12(14)8-10-13/h12-14H,7-11H2,1-6H3. The monoisotopic (exact) mass is 237 g/mol. The molecule has 3 rings (SSSR count). The van der Waals surface area contributed by atoms with E-state index in [0.717, 1.165) is 17.9 Å². The van der Waals surface area contributed by atoms with Crippen LogP contribution in [0.15, 0.2) is 0 Å². The van der Waals surface area contributed by atoms with Gasteiger partial charge in [-0.25, -0.2) is 0 Å². The van der Waals surface area contributed by atoms with Gasteiger partial charge in [-0.15, -0.1) is 0 Å². The number of fused-ring (bicyclic) bond motifs is 4. The number of hydrogen-bond donors (Lipinski definition) is 0. The first-order valence-corrected chi connectivity index (χ1v) is 7.46. The van der Waals surface area contributed by atoms with Crippen LogP contribution in [0.5, 0.6) is 0 Å². The summed E-state index contributed by atoms with van der Waals surface area (Å²) in [6.07, 6.45) is 5.82. The lowest BCUT2D eigenvalue weighted by Gasteiger charge is -2.43. The first-order valence-electron chi connectivity index (χ1n) is 7.46. The number of hydrogen-bond acceptors (Lipinski definition) is 1. The Morgan fingerprint density at radius 1 is 0.824 bits per heavy atom. The fourth-order valence-electron chi connectivity index (χ4n) is 4.13. The van der Waals surface area contributed by atoms with E-state index in [9.17, 15) is 0 Å². The van der Waals surface area contributed by atoms with Crippen LogP contribution in [0.4, 0.5) is 0 Å². The van der Waals surface area contributed by atoms with Crippen LogP contribution in [0.3, 0.4) is 0 Å². The minimum absolute atomic E-state index is 0.341. The quantitative estimate of drug-likeness (QED) is 0.606. The minimum Gasteiger partial charge on any atom is -0.295 e. The van der Waals surface area contributed by atoms with E-state index in [1.807, 2.05) is 0 Å². The molecule has 100 valence electrons. The van der Waals surface area contributed by atoms with Crippen LogP contribution in [-0.2, 0) is 0 Å². The van der Waals surface area contributed by atoms with Gasteiger partial charge < -0.3 is 0 Å². The Morgan fingerprint density at radius 3 is 1.76 bits per heavy atom. The van der Waals surface area contributed by atoms with Gasteiger partial charge in [0.05, 0.1) is 0 Å². The third kappa shape index (κ3) is 2.70. The second-order valence-electron chi connectivity index (χ2n) is 8.36. The second-order valence-corrected chi connectivity index (χ2v) is 8.36. The van der Waals surface area contributed by atoms with E-state index in [-0.39, 0.29) is 0 Å². The Bertz CT molecular complexity index is 232. The fourth-order valence-corrected chi connectivity index (χ4v) is 4.13. The lowest BCUT2D eigenvalue weighted by atomic mass is 9.69. The van der Waals surface area contributed by atoms with Gasteiger partial charge in [0.15, 0.2) is 0 Å². The zero-order valence-electron chi connectivity index (χ0n) is 12.7. The molecular formula is C16H31N. The highest BCUT2D eigenvalue weighted by Crippen LogP contribution is 2.46. The molecule has 0 amide bonds. The van der Waals surface area contributed by atoms with Crippen LogP contribution in [0.1, 0.15) is 67.2 Å². The molecule has 2 heterocycles. The molecule has 1 atom stereocenters. The van der Waals surface area contributed by atoms with Crippen molar-refractivity contribution in [2.24, 2.45) is 17.3 Å². The highest BCUT2D eigenvalue weighted by atomic mass is 15.2. The minimum atomic E-state index is 0.341. The van der Waals surface area contributed by atoms with Crippen molar-refractivity contribution >= 4 is 0 Å². The molecule has 2 saturated heterocycles. The van der Waals surface area contributed by atoms with Crippen LogP contribution >= 0.6 is 0 Å². The molecular weight excluding hydrogens is 206 g/mol. The maximum Gasteiger partial charge on any atom is 0.0128 e. The molecule has 3 fully saturated rings. The molecule has 2 aliphatic heterocycles. The van der Waals surface area contributed by atoms with Crippen LogP contribution in [0, 0.1) is 17.3 Å². The summed E-state index contributed by atoms with van der Waals surface area (Å²) in [7, 11) is 0. The molecule has 1 heteroatoms. The van der Waals surface area contributed by atoms with Crippen molar-refractivity contribution in [1.29, 1.82) is 0 Å². The molecule has 3 aliphatic rings.